The van der Waals surface area contributed by atoms with Crippen molar-refractivity contribution in [2.75, 3.05) is 6.61 Å². The lowest BCUT2D eigenvalue weighted by atomic mass is 9.68. The summed E-state index contributed by atoms with van der Waals surface area (Å²) in [6.07, 6.45) is 6.18. The van der Waals surface area contributed by atoms with Gasteiger partial charge in [0.25, 0.3) is 0 Å². The second kappa shape index (κ2) is 8.70. The molecular weight excluding hydrogens is 383 g/mol. The lowest BCUT2D eigenvalue weighted by Crippen LogP contribution is -2.45. The SMILES string of the molecule is CCCc1cc(OC(=O)C(C)(F)CCCO)c2c(c1)OC(C)(C)C1CCC(C)=CC21. The number of hydrogen-bond acceptors (Lipinski definition) is 4. The average molecular weight is 419 g/mol. The summed E-state index contributed by atoms with van der Waals surface area (Å²) in [5, 5.41) is 9.02. The first-order valence-electron chi connectivity index (χ1n) is 11.1. The Bertz CT molecular complexity index is 825. The van der Waals surface area contributed by atoms with Crippen LogP contribution in [0.4, 0.5) is 4.39 Å². The number of allylic oxidation sites excluding steroid dienone is 2. The van der Waals surface area contributed by atoms with Gasteiger partial charge in [0.15, 0.2) is 0 Å². The predicted octanol–water partition coefficient (Wildman–Crippen LogP) is 5.66. The summed E-state index contributed by atoms with van der Waals surface area (Å²) < 4.78 is 27.1. The molecule has 0 fully saturated rings. The first-order valence-corrected chi connectivity index (χ1v) is 11.1. The van der Waals surface area contributed by atoms with Gasteiger partial charge in [-0.15, -0.1) is 0 Å². The largest absolute Gasteiger partial charge is 0.487 e. The summed E-state index contributed by atoms with van der Waals surface area (Å²) in [5.41, 5.74) is 0.693. The van der Waals surface area contributed by atoms with Crippen LogP contribution >= 0.6 is 0 Å². The molecule has 0 spiro atoms. The minimum absolute atomic E-state index is 0.0688. The standard InChI is InChI=1S/C25H35FO4/c1-6-8-17-14-20(29-23(28)25(5,26)11-7-12-27)22-18-13-16(2)9-10-19(18)24(3,4)30-21(22)15-17/h13-15,18-19,27H,6-12H2,1-5H3. The van der Waals surface area contributed by atoms with Gasteiger partial charge in [-0.05, 0) is 77.5 Å². The van der Waals surface area contributed by atoms with Crippen LogP contribution in [-0.4, -0.2) is 29.0 Å². The molecule has 3 atom stereocenters. The molecule has 30 heavy (non-hydrogen) atoms. The summed E-state index contributed by atoms with van der Waals surface area (Å²) in [7, 11) is 0. The van der Waals surface area contributed by atoms with E-state index in [4.69, 9.17) is 14.6 Å². The first-order chi connectivity index (χ1) is 14.1. The number of benzene rings is 1. The average Bonchev–Trinajstić information content (AvgIpc) is 2.65. The van der Waals surface area contributed by atoms with Gasteiger partial charge in [-0.1, -0.05) is 25.0 Å². The topological polar surface area (TPSA) is 55.8 Å². The normalized spacial score (nSPS) is 24.0. The van der Waals surface area contributed by atoms with Crippen molar-refractivity contribution in [1.29, 1.82) is 0 Å². The minimum atomic E-state index is -2.15. The second-order valence-corrected chi connectivity index (χ2v) is 9.56. The zero-order valence-corrected chi connectivity index (χ0v) is 18.9. The molecule has 0 aromatic heterocycles. The van der Waals surface area contributed by atoms with E-state index in [0.717, 1.165) is 42.6 Å². The molecule has 2 aliphatic rings. The molecular formula is C25H35FO4. The number of aryl methyl sites for hydroxylation is 1. The molecule has 0 bridgehead atoms. The molecule has 1 N–H and O–H groups in total. The van der Waals surface area contributed by atoms with Crippen LogP contribution in [-0.2, 0) is 11.2 Å². The summed E-state index contributed by atoms with van der Waals surface area (Å²) in [5.74, 6) is 0.556. The van der Waals surface area contributed by atoms with Crippen molar-refractivity contribution in [2.24, 2.45) is 5.92 Å². The van der Waals surface area contributed by atoms with Crippen molar-refractivity contribution in [1.82, 2.24) is 0 Å². The maximum Gasteiger partial charge on any atom is 0.348 e. The van der Waals surface area contributed by atoms with Crippen molar-refractivity contribution < 1.29 is 23.8 Å². The number of fused-ring (bicyclic) bond motifs is 3. The quantitative estimate of drug-likeness (QED) is 0.353. The second-order valence-electron chi connectivity index (χ2n) is 9.56. The molecule has 1 aromatic rings. The summed E-state index contributed by atoms with van der Waals surface area (Å²) in [6.45, 7) is 9.52. The van der Waals surface area contributed by atoms with Crippen LogP contribution in [0.25, 0.3) is 0 Å². The van der Waals surface area contributed by atoms with Crippen molar-refractivity contribution in [3.05, 3.63) is 34.9 Å². The Labute approximate surface area is 179 Å². The zero-order chi connectivity index (χ0) is 22.1. The van der Waals surface area contributed by atoms with Crippen molar-refractivity contribution in [3.63, 3.8) is 0 Å². The maximum absolute atomic E-state index is 14.9. The number of hydrogen-bond donors (Lipinski definition) is 1. The van der Waals surface area contributed by atoms with Gasteiger partial charge in [0.1, 0.15) is 17.1 Å². The Kier molecular flexibility index (Phi) is 6.61. The third-order valence-corrected chi connectivity index (χ3v) is 6.48. The van der Waals surface area contributed by atoms with Crippen LogP contribution < -0.4 is 9.47 Å². The molecule has 166 valence electrons. The number of aliphatic hydroxyl groups is 1. The molecule has 0 saturated carbocycles. The molecule has 0 radical (unpaired) electrons. The molecule has 1 aromatic carbocycles. The molecule has 3 unspecified atom stereocenters. The summed E-state index contributed by atoms with van der Waals surface area (Å²) >= 11 is 0. The van der Waals surface area contributed by atoms with Crippen LogP contribution in [0.3, 0.4) is 0 Å². The van der Waals surface area contributed by atoms with Gasteiger partial charge in [-0.25, -0.2) is 9.18 Å². The van der Waals surface area contributed by atoms with Crippen LogP contribution in [0.5, 0.6) is 11.5 Å². The fourth-order valence-corrected chi connectivity index (χ4v) is 4.80. The Balaban J connectivity index is 2.06. The first kappa shape index (κ1) is 22.8. The van der Waals surface area contributed by atoms with Crippen LogP contribution in [0.2, 0.25) is 0 Å². The van der Waals surface area contributed by atoms with E-state index in [9.17, 15) is 9.18 Å². The molecule has 5 heteroatoms. The molecule has 1 heterocycles. The summed E-state index contributed by atoms with van der Waals surface area (Å²) in [6, 6.07) is 3.92. The van der Waals surface area contributed by atoms with Gasteiger partial charge in [0, 0.05) is 24.0 Å². The predicted molar refractivity (Wildman–Crippen MR) is 116 cm³/mol. The number of ether oxygens (including phenoxy) is 2. The Morgan fingerprint density at radius 2 is 2.13 bits per heavy atom. The smallest absolute Gasteiger partial charge is 0.348 e. The summed E-state index contributed by atoms with van der Waals surface area (Å²) in [4.78, 5) is 12.7. The molecule has 1 aliphatic carbocycles. The number of esters is 1. The van der Waals surface area contributed by atoms with E-state index in [1.807, 2.05) is 12.1 Å². The number of rotatable bonds is 7. The molecule has 1 aliphatic heterocycles. The van der Waals surface area contributed by atoms with Gasteiger partial charge in [-0.3, -0.25) is 0 Å². The highest BCUT2D eigenvalue weighted by Gasteiger charge is 2.46. The number of carbonyl (C=O) groups excluding carboxylic acids is 1. The fraction of sp³-hybridized carbons (Fsp3) is 0.640. The number of aliphatic hydroxyl groups excluding tert-OH is 1. The Morgan fingerprint density at radius 1 is 1.40 bits per heavy atom. The van der Waals surface area contributed by atoms with E-state index in [-0.39, 0.29) is 36.9 Å². The Morgan fingerprint density at radius 3 is 2.80 bits per heavy atom. The maximum atomic E-state index is 14.9. The lowest BCUT2D eigenvalue weighted by Gasteiger charge is -2.46. The van der Waals surface area contributed by atoms with Gasteiger partial charge >= 0.3 is 5.97 Å². The van der Waals surface area contributed by atoms with Gasteiger partial charge in [0.05, 0.1) is 0 Å². The number of halogens is 1. The van der Waals surface area contributed by atoms with E-state index < -0.39 is 11.6 Å². The van der Waals surface area contributed by atoms with E-state index in [1.165, 1.54) is 12.5 Å². The number of carbonyl (C=O) groups is 1. The number of alkyl halides is 1. The van der Waals surface area contributed by atoms with Crippen molar-refractivity contribution >= 4 is 5.97 Å². The van der Waals surface area contributed by atoms with Crippen molar-refractivity contribution in [3.8, 4) is 11.5 Å². The van der Waals surface area contributed by atoms with Gasteiger partial charge in [0.2, 0.25) is 5.67 Å². The molecule has 3 rings (SSSR count). The third-order valence-electron chi connectivity index (χ3n) is 6.48. The van der Waals surface area contributed by atoms with E-state index in [2.05, 4.69) is 33.8 Å². The van der Waals surface area contributed by atoms with E-state index in [0.29, 0.717) is 5.75 Å². The third kappa shape index (κ3) is 4.56. The monoisotopic (exact) mass is 418 g/mol. The van der Waals surface area contributed by atoms with E-state index >= 15 is 0 Å². The van der Waals surface area contributed by atoms with Crippen LogP contribution in [0.1, 0.15) is 83.8 Å². The highest BCUT2D eigenvalue weighted by molar-refractivity contribution is 5.82. The highest BCUT2D eigenvalue weighted by Crippen LogP contribution is 2.53. The fourth-order valence-electron chi connectivity index (χ4n) is 4.80. The molecule has 4 nitrogen and oxygen atoms in total. The van der Waals surface area contributed by atoms with Gasteiger partial charge in [-0.2, -0.15) is 0 Å². The van der Waals surface area contributed by atoms with Gasteiger partial charge < -0.3 is 14.6 Å². The van der Waals surface area contributed by atoms with Crippen molar-refractivity contribution in [2.45, 2.75) is 90.3 Å². The molecule has 0 saturated heterocycles. The van der Waals surface area contributed by atoms with Crippen LogP contribution in [0.15, 0.2) is 23.8 Å². The minimum Gasteiger partial charge on any atom is -0.487 e. The van der Waals surface area contributed by atoms with Crippen LogP contribution in [0, 0.1) is 5.92 Å². The van der Waals surface area contributed by atoms with E-state index in [1.54, 1.807) is 0 Å². The molecule has 0 amide bonds. The zero-order valence-electron chi connectivity index (χ0n) is 18.9. The Hall–Kier alpha value is -1.88. The lowest BCUT2D eigenvalue weighted by molar-refractivity contribution is -0.147. The highest BCUT2D eigenvalue weighted by atomic mass is 19.1.